The number of fused-ring (bicyclic) bond motifs is 1. The van der Waals surface area contributed by atoms with E-state index >= 15 is 0 Å². The minimum Gasteiger partial charge on any atom is -0.484 e. The number of hydrogen-bond donors (Lipinski definition) is 1. The fraction of sp³-hybridized carbons (Fsp3) is 0.240. The third kappa shape index (κ3) is 4.32. The number of anilines is 1. The Labute approximate surface area is 192 Å². The lowest BCUT2D eigenvalue weighted by Crippen LogP contribution is -2.22. The fourth-order valence-electron chi connectivity index (χ4n) is 3.73. The summed E-state index contributed by atoms with van der Waals surface area (Å²) in [5.74, 6) is 1.51. The summed E-state index contributed by atoms with van der Waals surface area (Å²) in [6.07, 6.45) is 0. The summed E-state index contributed by atoms with van der Waals surface area (Å²) in [6, 6.07) is 13.5. The van der Waals surface area contributed by atoms with Crippen LogP contribution in [0.4, 0.5) is 5.82 Å². The normalized spacial score (nSPS) is 11.1. The van der Waals surface area contributed by atoms with Gasteiger partial charge in [-0.15, -0.1) is 0 Å². The van der Waals surface area contributed by atoms with E-state index in [0.717, 1.165) is 38.9 Å². The second-order valence-electron chi connectivity index (χ2n) is 8.06. The highest BCUT2D eigenvalue weighted by Gasteiger charge is 2.15. The SMILES string of the molecule is Cc1cc(NC(=O)COc2cc(C)c(Cl)c(C)c2)n(-c2cc(C)c3cccc(C)c3n2)n1. The van der Waals surface area contributed by atoms with Gasteiger partial charge in [-0.25, -0.2) is 4.98 Å². The summed E-state index contributed by atoms with van der Waals surface area (Å²) in [5.41, 5.74) is 5.69. The third-order valence-electron chi connectivity index (χ3n) is 5.33. The number of nitrogens with zero attached hydrogens (tertiary/aromatic N) is 3. The summed E-state index contributed by atoms with van der Waals surface area (Å²) >= 11 is 6.20. The second kappa shape index (κ2) is 8.63. The molecule has 0 atom stereocenters. The molecule has 0 aliphatic heterocycles. The van der Waals surface area contributed by atoms with Crippen LogP contribution in [0.5, 0.6) is 5.75 Å². The molecule has 6 nitrogen and oxygen atoms in total. The molecule has 0 saturated heterocycles. The van der Waals surface area contributed by atoms with Gasteiger partial charge in [0.1, 0.15) is 11.6 Å². The molecule has 32 heavy (non-hydrogen) atoms. The van der Waals surface area contributed by atoms with Crippen LogP contribution in [0.2, 0.25) is 5.02 Å². The predicted octanol–water partition coefficient (Wildman–Crippen LogP) is 5.63. The molecule has 164 valence electrons. The zero-order valence-corrected chi connectivity index (χ0v) is 19.5. The van der Waals surface area contributed by atoms with Crippen LogP contribution in [0.3, 0.4) is 0 Å². The van der Waals surface area contributed by atoms with E-state index in [1.165, 1.54) is 0 Å². The van der Waals surface area contributed by atoms with Crippen molar-refractivity contribution in [2.45, 2.75) is 34.6 Å². The zero-order chi connectivity index (χ0) is 23.0. The van der Waals surface area contributed by atoms with Crippen molar-refractivity contribution in [2.24, 2.45) is 0 Å². The molecule has 0 aliphatic carbocycles. The first-order chi connectivity index (χ1) is 15.2. The first-order valence-corrected chi connectivity index (χ1v) is 10.7. The van der Waals surface area contributed by atoms with Gasteiger partial charge in [-0.3, -0.25) is 4.79 Å². The minimum absolute atomic E-state index is 0.131. The summed E-state index contributed by atoms with van der Waals surface area (Å²) < 4.78 is 7.34. The van der Waals surface area contributed by atoms with Crippen molar-refractivity contribution in [2.75, 3.05) is 11.9 Å². The van der Waals surface area contributed by atoms with Gasteiger partial charge in [-0.1, -0.05) is 29.8 Å². The van der Waals surface area contributed by atoms with E-state index in [-0.39, 0.29) is 12.5 Å². The Balaban J connectivity index is 1.57. The number of nitrogens with one attached hydrogen (secondary N) is 1. The molecule has 0 radical (unpaired) electrons. The van der Waals surface area contributed by atoms with Crippen molar-refractivity contribution in [1.29, 1.82) is 0 Å². The molecule has 4 aromatic rings. The van der Waals surface area contributed by atoms with Gasteiger partial charge >= 0.3 is 0 Å². The number of carbonyl (C=O) groups excluding carboxylic acids is 1. The van der Waals surface area contributed by atoms with E-state index in [1.807, 2.05) is 71.0 Å². The maximum Gasteiger partial charge on any atom is 0.263 e. The molecule has 2 aromatic heterocycles. The highest BCUT2D eigenvalue weighted by Crippen LogP contribution is 2.26. The topological polar surface area (TPSA) is 69.0 Å². The van der Waals surface area contributed by atoms with E-state index in [0.29, 0.717) is 22.4 Å². The van der Waals surface area contributed by atoms with Gasteiger partial charge < -0.3 is 10.1 Å². The van der Waals surface area contributed by atoms with Gasteiger partial charge in [0.2, 0.25) is 0 Å². The summed E-state index contributed by atoms with van der Waals surface area (Å²) in [4.78, 5) is 17.4. The van der Waals surface area contributed by atoms with Gasteiger partial charge in [0.15, 0.2) is 12.4 Å². The van der Waals surface area contributed by atoms with Gasteiger partial charge in [-0.2, -0.15) is 9.78 Å². The van der Waals surface area contributed by atoms with Gasteiger partial charge in [0, 0.05) is 16.5 Å². The fourth-order valence-corrected chi connectivity index (χ4v) is 3.84. The molecule has 0 aliphatic rings. The molecule has 0 bridgehead atoms. The van der Waals surface area contributed by atoms with Gasteiger partial charge in [0.05, 0.1) is 11.2 Å². The van der Waals surface area contributed by atoms with E-state index in [1.54, 1.807) is 4.68 Å². The Morgan fingerprint density at radius 2 is 1.72 bits per heavy atom. The highest BCUT2D eigenvalue weighted by molar-refractivity contribution is 6.32. The summed E-state index contributed by atoms with van der Waals surface area (Å²) in [7, 11) is 0. The number of aryl methyl sites for hydroxylation is 5. The monoisotopic (exact) mass is 448 g/mol. The first kappa shape index (κ1) is 21.8. The number of rotatable bonds is 5. The average Bonchev–Trinajstić information content (AvgIpc) is 3.11. The predicted molar refractivity (Wildman–Crippen MR) is 128 cm³/mol. The molecule has 0 unspecified atom stereocenters. The van der Waals surface area contributed by atoms with Gasteiger partial charge in [0.25, 0.3) is 5.91 Å². The van der Waals surface area contributed by atoms with Gasteiger partial charge in [-0.05, 0) is 75.1 Å². The molecule has 7 heteroatoms. The lowest BCUT2D eigenvalue weighted by atomic mass is 10.1. The molecular formula is C25H25ClN4O2. The first-order valence-electron chi connectivity index (χ1n) is 10.4. The van der Waals surface area contributed by atoms with Crippen LogP contribution in [0.25, 0.3) is 16.7 Å². The van der Waals surface area contributed by atoms with E-state index in [2.05, 4.69) is 16.5 Å². The number of para-hydroxylation sites is 1. The van der Waals surface area contributed by atoms with Crippen LogP contribution < -0.4 is 10.1 Å². The Hall–Kier alpha value is -3.38. The molecular weight excluding hydrogens is 424 g/mol. The van der Waals surface area contributed by atoms with Crippen molar-refractivity contribution in [3.63, 3.8) is 0 Å². The van der Waals surface area contributed by atoms with Crippen molar-refractivity contribution >= 4 is 34.2 Å². The van der Waals surface area contributed by atoms with Crippen LogP contribution in [0.1, 0.15) is 27.9 Å². The van der Waals surface area contributed by atoms with Crippen molar-refractivity contribution < 1.29 is 9.53 Å². The number of aromatic nitrogens is 3. The van der Waals surface area contributed by atoms with Crippen LogP contribution in [-0.4, -0.2) is 27.3 Å². The number of pyridine rings is 1. The zero-order valence-electron chi connectivity index (χ0n) is 18.8. The van der Waals surface area contributed by atoms with Crippen LogP contribution in [0, 0.1) is 34.6 Å². The molecule has 2 aromatic carbocycles. The average molecular weight is 449 g/mol. The van der Waals surface area contributed by atoms with E-state index in [4.69, 9.17) is 21.3 Å². The van der Waals surface area contributed by atoms with Crippen molar-refractivity contribution in [3.8, 4) is 11.6 Å². The lowest BCUT2D eigenvalue weighted by Gasteiger charge is -2.12. The number of carbonyl (C=O) groups is 1. The third-order valence-corrected chi connectivity index (χ3v) is 5.93. The highest BCUT2D eigenvalue weighted by atomic mass is 35.5. The molecule has 2 heterocycles. The largest absolute Gasteiger partial charge is 0.484 e. The number of benzene rings is 2. The molecule has 4 rings (SSSR count). The maximum absolute atomic E-state index is 12.6. The maximum atomic E-state index is 12.6. The van der Waals surface area contributed by atoms with Crippen LogP contribution in [0.15, 0.2) is 42.5 Å². The quantitative estimate of drug-likeness (QED) is 0.429. The molecule has 0 spiro atoms. The van der Waals surface area contributed by atoms with E-state index in [9.17, 15) is 4.79 Å². The molecule has 0 fully saturated rings. The van der Waals surface area contributed by atoms with Crippen molar-refractivity contribution in [3.05, 3.63) is 75.4 Å². The number of amides is 1. The summed E-state index contributed by atoms with van der Waals surface area (Å²) in [6.45, 7) is 9.64. The Bertz CT molecular complexity index is 1320. The Kier molecular flexibility index (Phi) is 5.89. The van der Waals surface area contributed by atoms with Crippen LogP contribution >= 0.6 is 11.6 Å². The second-order valence-corrected chi connectivity index (χ2v) is 8.44. The number of halogens is 1. The summed E-state index contributed by atoms with van der Waals surface area (Å²) in [5, 5.41) is 9.25. The standard InChI is InChI=1S/C25H25ClN4O2/c1-14-7-6-8-20-15(2)11-21(28-25(14)20)30-22(12-18(5)29-30)27-23(31)13-32-19-9-16(3)24(26)17(4)10-19/h6-12H,13H2,1-5H3,(H,27,31). The molecule has 1 N–H and O–H groups in total. The van der Waals surface area contributed by atoms with Crippen molar-refractivity contribution in [1.82, 2.24) is 14.8 Å². The smallest absolute Gasteiger partial charge is 0.263 e. The Morgan fingerprint density at radius 1 is 1.00 bits per heavy atom. The number of hydrogen-bond acceptors (Lipinski definition) is 4. The lowest BCUT2D eigenvalue weighted by molar-refractivity contribution is -0.118. The van der Waals surface area contributed by atoms with E-state index < -0.39 is 0 Å². The van der Waals surface area contributed by atoms with Crippen LogP contribution in [-0.2, 0) is 4.79 Å². The molecule has 1 amide bonds. The molecule has 0 saturated carbocycles. The Morgan fingerprint density at radius 3 is 2.44 bits per heavy atom. The minimum atomic E-state index is -0.287. The number of ether oxygens (including phenoxy) is 1.